The van der Waals surface area contributed by atoms with Crippen LogP contribution in [0.25, 0.3) is 0 Å². The minimum absolute atomic E-state index is 0.180. The molecule has 15 heavy (non-hydrogen) atoms. The second-order valence-electron chi connectivity index (χ2n) is 3.97. The van der Waals surface area contributed by atoms with Gasteiger partial charge in [-0.15, -0.1) is 11.6 Å². The van der Waals surface area contributed by atoms with E-state index in [0.29, 0.717) is 17.6 Å². The van der Waals surface area contributed by atoms with Crippen molar-refractivity contribution in [1.29, 1.82) is 0 Å². The summed E-state index contributed by atoms with van der Waals surface area (Å²) in [5.41, 5.74) is 0. The van der Waals surface area contributed by atoms with Crippen molar-refractivity contribution >= 4 is 29.6 Å². The highest BCUT2D eigenvalue weighted by Crippen LogP contribution is 2.29. The Kier molecular flexibility index (Phi) is 9.73. The molecule has 3 unspecified atom stereocenters. The van der Waals surface area contributed by atoms with E-state index in [9.17, 15) is 4.79 Å². The number of rotatable bonds is 9. The third-order valence-corrected chi connectivity index (χ3v) is 4.74. The molecule has 1 radical (unpaired) electrons. The molecule has 0 aliphatic rings. The number of carbonyl (C=O) groups excluding carboxylic acids is 1. The first-order chi connectivity index (χ1) is 7.17. The summed E-state index contributed by atoms with van der Waals surface area (Å²) in [5.74, 6) is 0.468. The van der Waals surface area contributed by atoms with Crippen LogP contribution in [0.1, 0.15) is 46.0 Å². The Hall–Kier alpha value is 0.310. The summed E-state index contributed by atoms with van der Waals surface area (Å²) in [6, 6.07) is 0. The van der Waals surface area contributed by atoms with Gasteiger partial charge in [0, 0.05) is 17.0 Å². The molecule has 0 N–H and O–H groups in total. The summed E-state index contributed by atoms with van der Waals surface area (Å²) >= 11 is 8.22. The molecule has 0 aromatic heterocycles. The van der Waals surface area contributed by atoms with Crippen molar-refractivity contribution < 1.29 is 4.79 Å². The quantitative estimate of drug-likeness (QED) is 0.574. The van der Waals surface area contributed by atoms with Crippen LogP contribution in [-0.4, -0.2) is 23.2 Å². The first kappa shape index (κ1) is 15.3. The topological polar surface area (TPSA) is 17.1 Å². The molecule has 0 aromatic carbocycles. The van der Waals surface area contributed by atoms with Crippen molar-refractivity contribution in [1.82, 2.24) is 0 Å². The van der Waals surface area contributed by atoms with Crippen molar-refractivity contribution in [3.8, 4) is 0 Å². The van der Waals surface area contributed by atoms with E-state index >= 15 is 0 Å². The molecule has 0 aliphatic heterocycles. The zero-order valence-corrected chi connectivity index (χ0v) is 11.5. The Morgan fingerprint density at radius 3 is 2.53 bits per heavy atom. The van der Waals surface area contributed by atoms with E-state index in [1.165, 1.54) is 12.8 Å². The van der Waals surface area contributed by atoms with Gasteiger partial charge in [0.25, 0.3) is 0 Å². The fourth-order valence-corrected chi connectivity index (χ4v) is 2.73. The summed E-state index contributed by atoms with van der Waals surface area (Å²) in [6.45, 7) is 4.34. The van der Waals surface area contributed by atoms with Crippen LogP contribution < -0.4 is 0 Å². The number of unbranched alkanes of at least 4 members (excludes halogenated alkanes) is 1. The van der Waals surface area contributed by atoms with Gasteiger partial charge >= 0.3 is 0 Å². The number of hydrogen-bond donors (Lipinski definition) is 0. The van der Waals surface area contributed by atoms with Crippen molar-refractivity contribution in [2.24, 2.45) is 5.92 Å². The summed E-state index contributed by atoms with van der Waals surface area (Å²) in [5, 5.41) is 0.639. The van der Waals surface area contributed by atoms with Crippen LogP contribution in [0.15, 0.2) is 0 Å². The zero-order valence-electron chi connectivity index (χ0n) is 9.96. The highest BCUT2D eigenvalue weighted by atomic mass is 35.5. The molecule has 3 heteroatoms. The van der Waals surface area contributed by atoms with Crippen molar-refractivity contribution in [2.75, 3.05) is 6.26 Å². The first-order valence-corrected chi connectivity index (χ1v) is 7.41. The van der Waals surface area contributed by atoms with E-state index in [1.54, 1.807) is 11.8 Å². The average molecular weight is 250 g/mol. The van der Waals surface area contributed by atoms with Gasteiger partial charge in [0.2, 0.25) is 0 Å². The minimum Gasteiger partial charge on any atom is -0.291 e. The van der Waals surface area contributed by atoms with Crippen LogP contribution in [-0.2, 0) is 4.79 Å². The van der Waals surface area contributed by atoms with Gasteiger partial charge in [0.15, 0.2) is 6.29 Å². The smallest absolute Gasteiger partial charge is 0.198 e. The Bertz CT molecular complexity index is 164. The van der Waals surface area contributed by atoms with Gasteiger partial charge in [-0.2, -0.15) is 11.8 Å². The lowest BCUT2D eigenvalue weighted by Gasteiger charge is -2.25. The van der Waals surface area contributed by atoms with Gasteiger partial charge in [0.05, 0.1) is 0 Å². The van der Waals surface area contributed by atoms with Crippen LogP contribution in [0.4, 0.5) is 0 Å². The molecule has 0 spiro atoms. The van der Waals surface area contributed by atoms with Gasteiger partial charge in [-0.25, -0.2) is 0 Å². The lowest BCUT2D eigenvalue weighted by molar-refractivity contribution is 0.414. The molecule has 0 bridgehead atoms. The SMILES string of the molecule is CCCCC(CC[C]=O)C(Cl)C(C)SC. The molecule has 0 aromatic rings. The number of thioether (sulfide) groups is 1. The van der Waals surface area contributed by atoms with Crippen LogP contribution in [0, 0.1) is 5.92 Å². The molecule has 1 nitrogen and oxygen atoms in total. The van der Waals surface area contributed by atoms with E-state index < -0.39 is 0 Å². The Morgan fingerprint density at radius 1 is 1.40 bits per heavy atom. The lowest BCUT2D eigenvalue weighted by atomic mass is 9.92. The van der Waals surface area contributed by atoms with Gasteiger partial charge in [0.1, 0.15) is 0 Å². The summed E-state index contributed by atoms with van der Waals surface area (Å²) < 4.78 is 0. The van der Waals surface area contributed by atoms with Gasteiger partial charge in [-0.1, -0.05) is 26.7 Å². The number of hydrogen-bond acceptors (Lipinski definition) is 2. The summed E-state index contributed by atoms with van der Waals surface area (Å²) in [4.78, 5) is 10.3. The largest absolute Gasteiger partial charge is 0.291 e. The molecular weight excluding hydrogens is 228 g/mol. The molecule has 3 atom stereocenters. The van der Waals surface area contributed by atoms with Crippen LogP contribution in [0.3, 0.4) is 0 Å². The highest BCUT2D eigenvalue weighted by Gasteiger charge is 2.23. The molecule has 89 valence electrons. The number of halogens is 1. The van der Waals surface area contributed by atoms with Gasteiger partial charge in [-0.05, 0) is 25.0 Å². The van der Waals surface area contributed by atoms with E-state index in [0.717, 1.165) is 12.8 Å². The van der Waals surface area contributed by atoms with Crippen LogP contribution in [0.2, 0.25) is 0 Å². The normalized spacial score (nSPS) is 17.1. The predicted molar refractivity (Wildman–Crippen MR) is 70.6 cm³/mol. The standard InChI is InChI=1S/C12H22ClOS/c1-4-5-7-11(8-6-9-14)12(13)10(2)15-3/h10-12H,4-8H2,1-3H3. The molecule has 0 saturated carbocycles. The summed E-state index contributed by atoms with van der Waals surface area (Å²) in [6.07, 6.45) is 9.01. The number of alkyl halides is 1. The van der Waals surface area contributed by atoms with Crippen molar-refractivity contribution in [3.63, 3.8) is 0 Å². The minimum atomic E-state index is 0.180. The maximum Gasteiger partial charge on any atom is 0.198 e. The molecule has 0 fully saturated rings. The van der Waals surface area contributed by atoms with Gasteiger partial charge < -0.3 is 0 Å². The molecular formula is C12H22ClOS. The monoisotopic (exact) mass is 249 g/mol. The van der Waals surface area contributed by atoms with Crippen LogP contribution in [0.5, 0.6) is 0 Å². The first-order valence-electron chi connectivity index (χ1n) is 5.69. The fourth-order valence-electron chi connectivity index (χ4n) is 1.69. The van der Waals surface area contributed by atoms with E-state index in [-0.39, 0.29) is 5.38 Å². The third-order valence-electron chi connectivity index (χ3n) is 2.82. The van der Waals surface area contributed by atoms with Crippen LogP contribution >= 0.6 is 23.4 Å². The van der Waals surface area contributed by atoms with Gasteiger partial charge in [-0.3, -0.25) is 4.79 Å². The zero-order chi connectivity index (χ0) is 11.7. The van der Waals surface area contributed by atoms with E-state index in [1.807, 2.05) is 6.29 Å². The van der Waals surface area contributed by atoms with E-state index in [4.69, 9.17) is 11.6 Å². The summed E-state index contributed by atoms with van der Waals surface area (Å²) in [7, 11) is 0. The second kappa shape index (κ2) is 9.53. The third kappa shape index (κ3) is 6.47. The predicted octanol–water partition coefficient (Wildman–Crippen LogP) is 4.04. The van der Waals surface area contributed by atoms with Crippen molar-refractivity contribution in [3.05, 3.63) is 0 Å². The highest BCUT2D eigenvalue weighted by molar-refractivity contribution is 7.99. The Morgan fingerprint density at radius 2 is 2.07 bits per heavy atom. The molecule has 0 saturated heterocycles. The lowest BCUT2D eigenvalue weighted by Crippen LogP contribution is -2.24. The maximum atomic E-state index is 10.3. The van der Waals surface area contributed by atoms with Crippen molar-refractivity contribution in [2.45, 2.75) is 56.6 Å². The maximum absolute atomic E-state index is 10.3. The van der Waals surface area contributed by atoms with E-state index in [2.05, 4.69) is 20.1 Å². The molecule has 0 aliphatic carbocycles. The fraction of sp³-hybridized carbons (Fsp3) is 0.917. The molecule has 0 heterocycles. The molecule has 0 amide bonds. The second-order valence-corrected chi connectivity index (χ2v) is 5.69. The Labute approximate surface area is 103 Å². The molecule has 0 rings (SSSR count). The Balaban J connectivity index is 4.12. The average Bonchev–Trinajstić information content (AvgIpc) is 2.27.